The van der Waals surface area contributed by atoms with E-state index in [0.717, 1.165) is 0 Å². The quantitative estimate of drug-likeness (QED) is 0.616. The summed E-state index contributed by atoms with van der Waals surface area (Å²) in [6.07, 6.45) is -0.899. The number of carboxylic acid groups (broad SMARTS) is 1. The van der Waals surface area contributed by atoms with Crippen molar-refractivity contribution < 1.29 is 24.2 Å². The first-order chi connectivity index (χ1) is 10.4. The van der Waals surface area contributed by atoms with Gasteiger partial charge in [0.05, 0.1) is 5.92 Å². The highest BCUT2D eigenvalue weighted by Gasteiger charge is 2.38. The molecule has 0 aliphatic rings. The van der Waals surface area contributed by atoms with Gasteiger partial charge in [0.1, 0.15) is 6.04 Å². The van der Waals surface area contributed by atoms with Gasteiger partial charge in [-0.25, -0.2) is 4.79 Å². The van der Waals surface area contributed by atoms with Crippen molar-refractivity contribution in [2.24, 2.45) is 17.3 Å². The first-order valence-electron chi connectivity index (χ1n) is 7.73. The average molecular weight is 330 g/mol. The Bertz CT molecular complexity index is 429. The molecule has 0 bridgehead atoms. The number of aliphatic carboxylic acids is 1. The number of nitrogens with one attached hydrogen (secondary N) is 2. The van der Waals surface area contributed by atoms with Crippen LogP contribution >= 0.6 is 0 Å². The van der Waals surface area contributed by atoms with Crippen molar-refractivity contribution in [3.8, 4) is 0 Å². The molecule has 23 heavy (non-hydrogen) atoms. The molecule has 0 saturated carbocycles. The molecule has 0 aromatic heterocycles. The van der Waals surface area contributed by atoms with Gasteiger partial charge in [-0.3, -0.25) is 9.59 Å². The molecule has 7 heteroatoms. The lowest BCUT2D eigenvalue weighted by molar-refractivity contribution is -0.157. The summed E-state index contributed by atoms with van der Waals surface area (Å²) in [6.45, 7) is 9.28. The second-order valence-corrected chi connectivity index (χ2v) is 7.15. The Labute approximate surface area is 138 Å². The van der Waals surface area contributed by atoms with Crippen LogP contribution in [0.15, 0.2) is 0 Å². The lowest BCUT2D eigenvalue weighted by atomic mass is 9.84. The third-order valence-electron chi connectivity index (χ3n) is 3.59. The topological polar surface area (TPSA) is 105 Å². The molecular weight excluding hydrogens is 300 g/mol. The maximum atomic E-state index is 12.6. The van der Waals surface area contributed by atoms with Crippen LogP contribution in [0.25, 0.3) is 0 Å². The van der Waals surface area contributed by atoms with Crippen molar-refractivity contribution in [2.75, 3.05) is 14.2 Å². The van der Waals surface area contributed by atoms with E-state index in [2.05, 4.69) is 10.6 Å². The van der Waals surface area contributed by atoms with Crippen LogP contribution in [0.1, 0.15) is 41.0 Å². The predicted molar refractivity (Wildman–Crippen MR) is 86.8 cm³/mol. The summed E-state index contributed by atoms with van der Waals surface area (Å²) in [7, 11) is 2.76. The van der Waals surface area contributed by atoms with Crippen molar-refractivity contribution in [3.05, 3.63) is 0 Å². The Balaban J connectivity index is 5.42. The average Bonchev–Trinajstić information content (AvgIpc) is 2.41. The summed E-state index contributed by atoms with van der Waals surface area (Å²) in [6, 6.07) is -0.763. The molecule has 0 saturated heterocycles. The van der Waals surface area contributed by atoms with Gasteiger partial charge in [-0.05, 0) is 17.8 Å². The van der Waals surface area contributed by atoms with Crippen LogP contribution < -0.4 is 10.6 Å². The summed E-state index contributed by atoms with van der Waals surface area (Å²) in [5.74, 6) is -2.77. The molecule has 3 atom stereocenters. The fraction of sp³-hybridized carbons (Fsp3) is 0.812. The van der Waals surface area contributed by atoms with E-state index in [0.29, 0.717) is 6.42 Å². The Kier molecular flexibility index (Phi) is 8.23. The van der Waals surface area contributed by atoms with Crippen LogP contribution in [0.3, 0.4) is 0 Å². The Morgan fingerprint density at radius 3 is 1.96 bits per heavy atom. The zero-order chi connectivity index (χ0) is 18.4. The third-order valence-corrected chi connectivity index (χ3v) is 3.59. The maximum Gasteiger partial charge on any atom is 0.333 e. The van der Waals surface area contributed by atoms with E-state index >= 15 is 0 Å². The van der Waals surface area contributed by atoms with Gasteiger partial charge in [0.2, 0.25) is 11.8 Å². The number of carboxylic acids is 1. The van der Waals surface area contributed by atoms with Gasteiger partial charge in [-0.1, -0.05) is 34.6 Å². The number of methoxy groups -OCH3 is 1. The minimum absolute atomic E-state index is 0.107. The SMILES string of the molecule is CNC(=O)[C@@H](NC(=O)[C@H](CC(C)C)[C@H](OC)C(=O)O)C(C)(C)C. The third kappa shape index (κ3) is 6.56. The highest BCUT2D eigenvalue weighted by atomic mass is 16.5. The molecule has 134 valence electrons. The Morgan fingerprint density at radius 2 is 1.65 bits per heavy atom. The summed E-state index contributed by atoms with van der Waals surface area (Å²) >= 11 is 0. The molecule has 0 aliphatic carbocycles. The minimum atomic E-state index is -1.25. The molecule has 2 amide bonds. The molecule has 0 unspecified atom stereocenters. The molecule has 0 rings (SSSR count). The van der Waals surface area contributed by atoms with Crippen molar-refractivity contribution >= 4 is 17.8 Å². The molecule has 7 nitrogen and oxygen atoms in total. The van der Waals surface area contributed by atoms with Crippen LogP contribution in [0.2, 0.25) is 0 Å². The molecule has 0 aliphatic heterocycles. The highest BCUT2D eigenvalue weighted by molar-refractivity contribution is 5.91. The van der Waals surface area contributed by atoms with E-state index in [1.54, 1.807) is 0 Å². The Hall–Kier alpha value is -1.63. The van der Waals surface area contributed by atoms with Gasteiger partial charge in [-0.2, -0.15) is 0 Å². The molecule has 0 radical (unpaired) electrons. The number of carbonyl (C=O) groups is 3. The largest absolute Gasteiger partial charge is 0.479 e. The van der Waals surface area contributed by atoms with Crippen LogP contribution in [0.4, 0.5) is 0 Å². The lowest BCUT2D eigenvalue weighted by Crippen LogP contribution is -2.56. The van der Waals surface area contributed by atoms with E-state index in [1.807, 2.05) is 34.6 Å². The molecule has 0 fully saturated rings. The van der Waals surface area contributed by atoms with Crippen molar-refractivity contribution in [2.45, 2.75) is 53.2 Å². The van der Waals surface area contributed by atoms with Crippen LogP contribution in [0, 0.1) is 17.3 Å². The minimum Gasteiger partial charge on any atom is -0.479 e. The smallest absolute Gasteiger partial charge is 0.333 e. The van der Waals surface area contributed by atoms with Gasteiger partial charge in [0, 0.05) is 14.2 Å². The monoisotopic (exact) mass is 330 g/mol. The Morgan fingerprint density at radius 1 is 1.13 bits per heavy atom. The van der Waals surface area contributed by atoms with E-state index in [1.165, 1.54) is 14.2 Å². The predicted octanol–water partition coefficient (Wildman–Crippen LogP) is 1.03. The van der Waals surface area contributed by atoms with E-state index in [4.69, 9.17) is 4.74 Å². The summed E-state index contributed by atoms with van der Waals surface area (Å²) < 4.78 is 4.99. The standard InChI is InChI=1S/C16H30N2O5/c1-9(2)8-10(11(23-7)15(21)22)13(19)18-12(14(20)17-6)16(3,4)5/h9-12H,8H2,1-7H3,(H,17,20)(H,18,19)(H,21,22)/t10-,11+,12-/m1/s1. The number of ether oxygens (including phenoxy) is 1. The first-order valence-corrected chi connectivity index (χ1v) is 7.73. The number of hydrogen-bond acceptors (Lipinski definition) is 4. The number of amides is 2. The maximum absolute atomic E-state index is 12.6. The summed E-state index contributed by atoms with van der Waals surface area (Å²) in [5.41, 5.74) is -0.510. The van der Waals surface area contributed by atoms with E-state index < -0.39 is 35.4 Å². The molecule has 0 aromatic carbocycles. The number of carbonyl (C=O) groups excluding carboxylic acids is 2. The summed E-state index contributed by atoms with van der Waals surface area (Å²) in [4.78, 5) is 36.0. The van der Waals surface area contributed by atoms with Gasteiger partial charge in [0.25, 0.3) is 0 Å². The van der Waals surface area contributed by atoms with Crippen LogP contribution in [-0.2, 0) is 19.1 Å². The van der Waals surface area contributed by atoms with E-state index in [-0.39, 0.29) is 11.8 Å². The summed E-state index contributed by atoms with van der Waals surface area (Å²) in [5, 5.41) is 14.5. The molecule has 0 spiro atoms. The molecule has 0 heterocycles. The van der Waals surface area contributed by atoms with E-state index in [9.17, 15) is 19.5 Å². The fourth-order valence-corrected chi connectivity index (χ4v) is 2.38. The molecule has 0 aromatic rings. The second kappa shape index (κ2) is 8.86. The van der Waals surface area contributed by atoms with Crippen molar-refractivity contribution in [3.63, 3.8) is 0 Å². The molecule has 3 N–H and O–H groups in total. The zero-order valence-corrected chi connectivity index (χ0v) is 15.1. The van der Waals surface area contributed by atoms with Gasteiger partial charge in [0.15, 0.2) is 6.10 Å². The second-order valence-electron chi connectivity index (χ2n) is 7.15. The number of rotatable bonds is 8. The highest BCUT2D eigenvalue weighted by Crippen LogP contribution is 2.23. The van der Waals surface area contributed by atoms with Crippen molar-refractivity contribution in [1.82, 2.24) is 10.6 Å². The van der Waals surface area contributed by atoms with Crippen LogP contribution in [-0.4, -0.2) is 49.2 Å². The molecular formula is C16H30N2O5. The lowest BCUT2D eigenvalue weighted by Gasteiger charge is -2.32. The normalized spacial score (nSPS) is 15.7. The zero-order valence-electron chi connectivity index (χ0n) is 15.1. The van der Waals surface area contributed by atoms with Gasteiger partial charge in [-0.15, -0.1) is 0 Å². The number of hydrogen-bond donors (Lipinski definition) is 3. The fourth-order valence-electron chi connectivity index (χ4n) is 2.38. The first kappa shape index (κ1) is 21.4. The van der Waals surface area contributed by atoms with Gasteiger partial charge < -0.3 is 20.5 Å². The van der Waals surface area contributed by atoms with Crippen molar-refractivity contribution in [1.29, 1.82) is 0 Å². The van der Waals surface area contributed by atoms with Gasteiger partial charge >= 0.3 is 5.97 Å². The van der Waals surface area contributed by atoms with Crippen LogP contribution in [0.5, 0.6) is 0 Å². The number of likely N-dealkylation sites (N-methyl/N-ethyl adjacent to an activating group) is 1.